The van der Waals surface area contributed by atoms with Crippen LogP contribution in [0.5, 0.6) is 0 Å². The lowest BCUT2D eigenvalue weighted by molar-refractivity contribution is 0.772. The zero-order chi connectivity index (χ0) is 11.8. The molecule has 0 radical (unpaired) electrons. The number of unbranched alkanes of at least 4 members (excludes halogenated alkanes) is 1. The van der Waals surface area contributed by atoms with Gasteiger partial charge >= 0.3 is 0 Å². The van der Waals surface area contributed by atoms with Crippen molar-refractivity contribution in [3.63, 3.8) is 0 Å². The van der Waals surface area contributed by atoms with Crippen LogP contribution < -0.4 is 0 Å². The highest BCUT2D eigenvalue weighted by Crippen LogP contribution is 2.14. The zero-order valence-electron chi connectivity index (χ0n) is 10.7. The molecule has 86 valence electrons. The Balaban J connectivity index is 2.76. The summed E-state index contributed by atoms with van der Waals surface area (Å²) < 4.78 is 0. The van der Waals surface area contributed by atoms with Crippen LogP contribution in [-0.2, 0) is 6.42 Å². The molecule has 0 fully saturated rings. The van der Waals surface area contributed by atoms with Gasteiger partial charge in [0.05, 0.1) is 0 Å². The quantitative estimate of drug-likeness (QED) is 0.611. The van der Waals surface area contributed by atoms with Gasteiger partial charge in [0.1, 0.15) is 0 Å². The fraction of sp³-hybridized carbons (Fsp3) is 0.438. The van der Waals surface area contributed by atoms with Gasteiger partial charge in [0.15, 0.2) is 0 Å². The summed E-state index contributed by atoms with van der Waals surface area (Å²) >= 11 is 0. The van der Waals surface area contributed by atoms with Crippen LogP contribution >= 0.6 is 0 Å². The van der Waals surface area contributed by atoms with Gasteiger partial charge in [-0.1, -0.05) is 43.7 Å². The number of benzene rings is 1. The molecule has 0 saturated carbocycles. The highest BCUT2D eigenvalue weighted by Gasteiger charge is 1.98. The first-order chi connectivity index (χ1) is 7.72. The van der Waals surface area contributed by atoms with Crippen LogP contribution in [0.3, 0.4) is 0 Å². The average molecular weight is 214 g/mol. The molecule has 0 atom stereocenters. The smallest absolute Gasteiger partial charge is 0.000913 e. The maximum Gasteiger partial charge on any atom is 0.000913 e. The SMILES string of the molecule is CCCCC(=C=C(C)C)Cc1ccccc1. The van der Waals surface area contributed by atoms with Crippen LogP contribution in [0.2, 0.25) is 0 Å². The van der Waals surface area contributed by atoms with Crippen molar-refractivity contribution in [1.82, 2.24) is 0 Å². The molecule has 0 N–H and O–H groups in total. The summed E-state index contributed by atoms with van der Waals surface area (Å²) in [5.41, 5.74) is 7.61. The highest BCUT2D eigenvalue weighted by molar-refractivity contribution is 5.22. The van der Waals surface area contributed by atoms with E-state index in [4.69, 9.17) is 0 Å². The van der Waals surface area contributed by atoms with E-state index >= 15 is 0 Å². The summed E-state index contributed by atoms with van der Waals surface area (Å²) in [5, 5.41) is 0. The van der Waals surface area contributed by atoms with Crippen LogP contribution in [0.4, 0.5) is 0 Å². The van der Waals surface area contributed by atoms with Gasteiger partial charge < -0.3 is 0 Å². The second-order valence-corrected chi connectivity index (χ2v) is 4.49. The minimum Gasteiger partial charge on any atom is -0.123 e. The van der Waals surface area contributed by atoms with Gasteiger partial charge in [-0.15, -0.1) is 5.73 Å². The van der Waals surface area contributed by atoms with E-state index in [0.29, 0.717) is 0 Å². The third-order valence-electron chi connectivity index (χ3n) is 2.52. The Morgan fingerprint density at radius 3 is 2.38 bits per heavy atom. The van der Waals surface area contributed by atoms with Gasteiger partial charge in [-0.2, -0.15) is 0 Å². The standard InChI is InChI=1S/C16H22/c1-4-5-9-16(12-14(2)3)13-15-10-7-6-8-11-15/h6-8,10-11H,4-5,9,13H2,1-3H3. The number of rotatable bonds is 5. The Hall–Kier alpha value is -1.26. The predicted molar refractivity (Wildman–Crippen MR) is 71.6 cm³/mol. The van der Waals surface area contributed by atoms with E-state index in [1.807, 2.05) is 0 Å². The molecule has 1 aromatic rings. The molecule has 0 aliphatic heterocycles. The normalized spacial score (nSPS) is 9.69. The lowest BCUT2D eigenvalue weighted by Gasteiger charge is -2.04. The van der Waals surface area contributed by atoms with Crippen molar-refractivity contribution in [3.8, 4) is 0 Å². The predicted octanol–water partition coefficient (Wildman–Crippen LogP) is 4.91. The molecule has 0 spiro atoms. The molecule has 0 saturated heterocycles. The average Bonchev–Trinajstić information content (AvgIpc) is 2.26. The maximum atomic E-state index is 3.50. The molecule has 0 heterocycles. The fourth-order valence-corrected chi connectivity index (χ4v) is 1.78. The molecule has 0 amide bonds. The van der Waals surface area contributed by atoms with Gasteiger partial charge in [0.2, 0.25) is 0 Å². The zero-order valence-corrected chi connectivity index (χ0v) is 10.7. The molecule has 0 aliphatic rings. The number of allylic oxidation sites excluding steroid dienone is 1. The molecule has 0 nitrogen and oxygen atoms in total. The molecule has 0 bridgehead atoms. The largest absolute Gasteiger partial charge is 0.123 e. The van der Waals surface area contributed by atoms with E-state index in [2.05, 4.69) is 56.8 Å². The fourth-order valence-electron chi connectivity index (χ4n) is 1.78. The molecule has 0 aliphatic carbocycles. The summed E-state index contributed by atoms with van der Waals surface area (Å²) in [5.74, 6) is 0. The van der Waals surface area contributed by atoms with E-state index in [1.165, 1.54) is 36.0 Å². The van der Waals surface area contributed by atoms with E-state index in [-0.39, 0.29) is 0 Å². The summed E-state index contributed by atoms with van der Waals surface area (Å²) in [7, 11) is 0. The first-order valence-corrected chi connectivity index (χ1v) is 6.18. The topological polar surface area (TPSA) is 0 Å². The van der Waals surface area contributed by atoms with Crippen LogP contribution in [0, 0.1) is 0 Å². The van der Waals surface area contributed by atoms with Crippen molar-refractivity contribution in [3.05, 3.63) is 52.8 Å². The van der Waals surface area contributed by atoms with E-state index in [0.717, 1.165) is 6.42 Å². The van der Waals surface area contributed by atoms with Crippen LogP contribution in [-0.4, -0.2) is 0 Å². The maximum absolute atomic E-state index is 3.50. The minimum atomic E-state index is 1.05. The summed E-state index contributed by atoms with van der Waals surface area (Å²) in [6.07, 6.45) is 4.74. The number of hydrogen-bond acceptors (Lipinski definition) is 0. The Morgan fingerprint density at radius 2 is 1.81 bits per heavy atom. The van der Waals surface area contributed by atoms with Crippen molar-refractivity contribution >= 4 is 0 Å². The Morgan fingerprint density at radius 1 is 1.12 bits per heavy atom. The second kappa shape index (κ2) is 7.09. The monoisotopic (exact) mass is 214 g/mol. The highest BCUT2D eigenvalue weighted by atomic mass is 14.0. The van der Waals surface area contributed by atoms with Gasteiger partial charge in [0, 0.05) is 6.42 Å². The third kappa shape index (κ3) is 5.00. The van der Waals surface area contributed by atoms with E-state index in [1.54, 1.807) is 0 Å². The summed E-state index contributed by atoms with van der Waals surface area (Å²) in [4.78, 5) is 0. The van der Waals surface area contributed by atoms with Gasteiger partial charge in [-0.05, 0) is 43.4 Å². The van der Waals surface area contributed by atoms with Crippen molar-refractivity contribution < 1.29 is 0 Å². The van der Waals surface area contributed by atoms with Crippen molar-refractivity contribution in [2.24, 2.45) is 0 Å². The minimum absolute atomic E-state index is 1.05. The molecular weight excluding hydrogens is 192 g/mol. The van der Waals surface area contributed by atoms with E-state index in [9.17, 15) is 0 Å². The lowest BCUT2D eigenvalue weighted by Crippen LogP contribution is -1.90. The van der Waals surface area contributed by atoms with Gasteiger partial charge in [-0.25, -0.2) is 0 Å². The molecule has 0 heteroatoms. The van der Waals surface area contributed by atoms with Crippen LogP contribution in [0.25, 0.3) is 0 Å². The lowest BCUT2D eigenvalue weighted by atomic mass is 10.0. The molecule has 1 aromatic carbocycles. The first kappa shape index (κ1) is 12.8. The van der Waals surface area contributed by atoms with Crippen LogP contribution in [0.15, 0.2) is 47.2 Å². The summed E-state index contributed by atoms with van der Waals surface area (Å²) in [6, 6.07) is 10.7. The number of hydrogen-bond donors (Lipinski definition) is 0. The van der Waals surface area contributed by atoms with Crippen molar-refractivity contribution in [2.75, 3.05) is 0 Å². The molecule has 0 unspecified atom stereocenters. The second-order valence-electron chi connectivity index (χ2n) is 4.49. The third-order valence-corrected chi connectivity index (χ3v) is 2.52. The molecule has 0 aromatic heterocycles. The Bertz CT molecular complexity index is 360. The van der Waals surface area contributed by atoms with E-state index < -0.39 is 0 Å². The van der Waals surface area contributed by atoms with Crippen molar-refractivity contribution in [2.45, 2.75) is 46.5 Å². The van der Waals surface area contributed by atoms with Gasteiger partial charge in [0.25, 0.3) is 0 Å². The first-order valence-electron chi connectivity index (χ1n) is 6.18. The Labute approximate surface area is 99.7 Å². The molecular formula is C16H22. The van der Waals surface area contributed by atoms with Crippen molar-refractivity contribution in [1.29, 1.82) is 0 Å². The Kier molecular flexibility index (Phi) is 5.67. The molecule has 16 heavy (non-hydrogen) atoms. The van der Waals surface area contributed by atoms with Crippen LogP contribution in [0.1, 0.15) is 45.6 Å². The van der Waals surface area contributed by atoms with Gasteiger partial charge in [-0.3, -0.25) is 0 Å². The molecule has 1 rings (SSSR count). The summed E-state index contributed by atoms with van der Waals surface area (Å²) in [6.45, 7) is 6.48.